The first kappa shape index (κ1) is 12.9. The van der Waals surface area contributed by atoms with Crippen LogP contribution in [0.5, 0.6) is 0 Å². The topological polar surface area (TPSA) is 55.4 Å². The van der Waals surface area contributed by atoms with Gasteiger partial charge in [0.15, 0.2) is 0 Å². The zero-order valence-corrected chi connectivity index (χ0v) is 9.96. The maximum atomic E-state index is 11.4. The number of carbonyl (C=O) groups is 1. The molecular formula is C11H15NO3S. The molecule has 1 unspecified atom stereocenters. The summed E-state index contributed by atoms with van der Waals surface area (Å²) in [5, 5.41) is 0. The van der Waals surface area contributed by atoms with Crippen molar-refractivity contribution in [1.29, 1.82) is 0 Å². The number of hydrogen-bond acceptors (Lipinski definition) is 3. The summed E-state index contributed by atoms with van der Waals surface area (Å²) >= 11 is 0. The molecule has 1 atom stereocenters. The average Bonchev–Trinajstić information content (AvgIpc) is 2.35. The second-order valence-corrected chi connectivity index (χ2v) is 4.94. The SMILES string of the molecule is CCS(=O)CCONC(=O)c1ccccc1. The fraction of sp³-hybridized carbons (Fsp3) is 0.364. The van der Waals surface area contributed by atoms with E-state index in [-0.39, 0.29) is 12.5 Å². The van der Waals surface area contributed by atoms with Crippen molar-refractivity contribution in [2.75, 3.05) is 18.1 Å². The predicted molar refractivity (Wildman–Crippen MR) is 63.4 cm³/mol. The van der Waals surface area contributed by atoms with Crippen LogP contribution >= 0.6 is 0 Å². The normalized spacial score (nSPS) is 12.1. The highest BCUT2D eigenvalue weighted by Gasteiger charge is 2.03. The maximum absolute atomic E-state index is 11.4. The minimum Gasteiger partial charge on any atom is -0.272 e. The van der Waals surface area contributed by atoms with Gasteiger partial charge in [0.1, 0.15) is 0 Å². The van der Waals surface area contributed by atoms with Crippen molar-refractivity contribution in [1.82, 2.24) is 5.48 Å². The fourth-order valence-corrected chi connectivity index (χ4v) is 1.60. The third-order valence-corrected chi connectivity index (χ3v) is 3.20. The Balaban J connectivity index is 2.24. The molecule has 5 heteroatoms. The van der Waals surface area contributed by atoms with Gasteiger partial charge in [0.05, 0.1) is 6.61 Å². The molecule has 0 heterocycles. The number of nitrogens with one attached hydrogen (secondary N) is 1. The lowest BCUT2D eigenvalue weighted by Gasteiger charge is -2.05. The smallest absolute Gasteiger partial charge is 0.272 e. The highest BCUT2D eigenvalue weighted by molar-refractivity contribution is 7.84. The summed E-state index contributed by atoms with van der Waals surface area (Å²) in [6.45, 7) is 2.11. The average molecular weight is 241 g/mol. The van der Waals surface area contributed by atoms with Gasteiger partial charge < -0.3 is 0 Å². The van der Waals surface area contributed by atoms with Crippen LogP contribution in [0.25, 0.3) is 0 Å². The Kier molecular flexibility index (Phi) is 5.74. The van der Waals surface area contributed by atoms with Gasteiger partial charge in [-0.1, -0.05) is 25.1 Å². The van der Waals surface area contributed by atoms with Gasteiger partial charge in [-0.15, -0.1) is 0 Å². The van der Waals surface area contributed by atoms with Crippen molar-refractivity contribution in [2.24, 2.45) is 0 Å². The van der Waals surface area contributed by atoms with Gasteiger partial charge in [-0.25, -0.2) is 5.48 Å². The molecule has 0 radical (unpaired) electrons. The summed E-state index contributed by atoms with van der Waals surface area (Å²) in [5.41, 5.74) is 2.85. The van der Waals surface area contributed by atoms with Crippen LogP contribution in [-0.2, 0) is 15.6 Å². The molecule has 1 N–H and O–H groups in total. The molecule has 0 spiro atoms. The standard InChI is InChI=1S/C11H15NO3S/c1-2-16(14)9-8-15-12-11(13)10-6-4-3-5-7-10/h3-7H,2,8-9H2,1H3,(H,12,13). The summed E-state index contributed by atoms with van der Waals surface area (Å²) in [4.78, 5) is 16.4. The molecule has 0 aliphatic heterocycles. The number of rotatable bonds is 6. The lowest BCUT2D eigenvalue weighted by Crippen LogP contribution is -2.25. The molecule has 1 aromatic rings. The highest BCUT2D eigenvalue weighted by atomic mass is 32.2. The van der Waals surface area contributed by atoms with Crippen LogP contribution in [0.4, 0.5) is 0 Å². The Morgan fingerprint density at radius 2 is 2.06 bits per heavy atom. The summed E-state index contributed by atoms with van der Waals surface area (Å²) in [6, 6.07) is 8.79. The Bertz CT molecular complexity index is 354. The summed E-state index contributed by atoms with van der Waals surface area (Å²) < 4.78 is 11.0. The van der Waals surface area contributed by atoms with E-state index >= 15 is 0 Å². The van der Waals surface area contributed by atoms with E-state index < -0.39 is 10.8 Å². The van der Waals surface area contributed by atoms with Crippen LogP contribution in [0.1, 0.15) is 17.3 Å². The second kappa shape index (κ2) is 7.14. The number of benzene rings is 1. The van der Waals surface area contributed by atoms with E-state index in [1.807, 2.05) is 13.0 Å². The predicted octanol–water partition coefficient (Wildman–Crippen LogP) is 1.12. The van der Waals surface area contributed by atoms with Crippen molar-refractivity contribution in [3.8, 4) is 0 Å². The molecule has 1 amide bonds. The Hall–Kier alpha value is -1.20. The summed E-state index contributed by atoms with van der Waals surface area (Å²) in [7, 11) is -0.862. The van der Waals surface area contributed by atoms with E-state index in [0.29, 0.717) is 17.1 Å². The molecule has 0 saturated carbocycles. The van der Waals surface area contributed by atoms with Crippen molar-refractivity contribution in [3.05, 3.63) is 35.9 Å². The molecule has 1 aromatic carbocycles. The van der Waals surface area contributed by atoms with Gasteiger partial charge >= 0.3 is 0 Å². The van der Waals surface area contributed by atoms with Gasteiger partial charge in [-0.05, 0) is 12.1 Å². The van der Waals surface area contributed by atoms with Crippen LogP contribution in [-0.4, -0.2) is 28.2 Å². The van der Waals surface area contributed by atoms with Crippen molar-refractivity contribution < 1.29 is 13.8 Å². The van der Waals surface area contributed by atoms with E-state index in [1.54, 1.807) is 24.3 Å². The summed E-state index contributed by atoms with van der Waals surface area (Å²) in [5.74, 6) is 0.754. The molecule has 0 saturated heterocycles. The lowest BCUT2D eigenvalue weighted by molar-refractivity contribution is 0.0373. The zero-order chi connectivity index (χ0) is 11.8. The van der Waals surface area contributed by atoms with Crippen LogP contribution in [0.15, 0.2) is 30.3 Å². The molecule has 0 fully saturated rings. The first-order valence-corrected chi connectivity index (χ1v) is 6.55. The minimum absolute atomic E-state index is 0.263. The van der Waals surface area contributed by atoms with E-state index in [1.165, 1.54) is 0 Å². The van der Waals surface area contributed by atoms with Gasteiger partial charge in [0.25, 0.3) is 5.91 Å². The van der Waals surface area contributed by atoms with Gasteiger partial charge in [-0.3, -0.25) is 13.8 Å². The quantitative estimate of drug-likeness (QED) is 0.599. The molecular weight excluding hydrogens is 226 g/mol. The van der Waals surface area contributed by atoms with Gasteiger partial charge in [0, 0.05) is 27.9 Å². The highest BCUT2D eigenvalue weighted by Crippen LogP contribution is 1.97. The lowest BCUT2D eigenvalue weighted by atomic mass is 10.2. The van der Waals surface area contributed by atoms with E-state index in [9.17, 15) is 9.00 Å². The number of hydroxylamine groups is 1. The number of carbonyl (C=O) groups excluding carboxylic acids is 1. The second-order valence-electron chi connectivity index (χ2n) is 3.08. The molecule has 0 aromatic heterocycles. The monoisotopic (exact) mass is 241 g/mol. The third-order valence-electron chi connectivity index (χ3n) is 1.94. The van der Waals surface area contributed by atoms with Gasteiger partial charge in [0.2, 0.25) is 0 Å². The van der Waals surface area contributed by atoms with Crippen LogP contribution < -0.4 is 5.48 Å². The Labute approximate surface area is 97.4 Å². The zero-order valence-electron chi connectivity index (χ0n) is 9.14. The molecule has 16 heavy (non-hydrogen) atoms. The molecule has 0 aliphatic rings. The van der Waals surface area contributed by atoms with Crippen molar-refractivity contribution in [2.45, 2.75) is 6.92 Å². The molecule has 88 valence electrons. The van der Waals surface area contributed by atoms with Crippen LogP contribution in [0, 0.1) is 0 Å². The molecule has 1 rings (SSSR count). The first-order chi connectivity index (χ1) is 7.74. The summed E-state index contributed by atoms with van der Waals surface area (Å²) in [6.07, 6.45) is 0. The van der Waals surface area contributed by atoms with E-state index in [2.05, 4.69) is 5.48 Å². The molecule has 0 bridgehead atoms. The Morgan fingerprint density at radius 1 is 1.38 bits per heavy atom. The largest absolute Gasteiger partial charge is 0.274 e. The van der Waals surface area contributed by atoms with Crippen molar-refractivity contribution in [3.63, 3.8) is 0 Å². The number of amides is 1. The van der Waals surface area contributed by atoms with Crippen LogP contribution in [0.2, 0.25) is 0 Å². The molecule has 4 nitrogen and oxygen atoms in total. The Morgan fingerprint density at radius 3 is 2.69 bits per heavy atom. The van der Waals surface area contributed by atoms with E-state index in [4.69, 9.17) is 4.84 Å². The first-order valence-electron chi connectivity index (χ1n) is 5.06. The third kappa shape index (κ3) is 4.55. The van der Waals surface area contributed by atoms with Crippen LogP contribution in [0.3, 0.4) is 0 Å². The minimum atomic E-state index is -0.862. The van der Waals surface area contributed by atoms with E-state index in [0.717, 1.165) is 0 Å². The van der Waals surface area contributed by atoms with Crippen molar-refractivity contribution >= 4 is 16.7 Å². The van der Waals surface area contributed by atoms with Gasteiger partial charge in [-0.2, -0.15) is 0 Å². The fourth-order valence-electron chi connectivity index (χ4n) is 1.04. The number of hydrogen-bond donors (Lipinski definition) is 1. The maximum Gasteiger partial charge on any atom is 0.274 e. The molecule has 0 aliphatic carbocycles.